The monoisotopic (exact) mass is 468 g/mol. The molecule has 1 aliphatic heterocycles. The van der Waals surface area contributed by atoms with Crippen LogP contribution in [0.5, 0.6) is 5.75 Å². The zero-order valence-corrected chi connectivity index (χ0v) is 18.7. The lowest BCUT2D eigenvalue weighted by Crippen LogP contribution is -2.45. The number of rotatable bonds is 7. The second kappa shape index (κ2) is 10.5. The van der Waals surface area contributed by atoms with Gasteiger partial charge in [-0.3, -0.25) is 10.1 Å². The quantitative estimate of drug-likeness (QED) is 0.419. The van der Waals surface area contributed by atoms with E-state index in [0.717, 1.165) is 36.3 Å². The van der Waals surface area contributed by atoms with Gasteiger partial charge in [0.25, 0.3) is 5.91 Å². The van der Waals surface area contributed by atoms with Gasteiger partial charge in [0.05, 0.1) is 5.56 Å². The molecule has 172 valence electrons. The first kappa shape index (κ1) is 22.8. The average molecular weight is 469 g/mol. The van der Waals surface area contributed by atoms with E-state index in [4.69, 9.17) is 10.5 Å². The highest BCUT2D eigenvalue weighted by Gasteiger charge is 2.23. The molecule has 2 heterocycles. The summed E-state index contributed by atoms with van der Waals surface area (Å²) < 4.78 is 20.6. The standard InChI is InChI=1S/C24H25FN4O3S/c25-20-11-17(32-14-15-5-2-1-3-6-15)8-9-18(20)21-12-19(23(33-21)29-24(26)31)22(30)28-16-7-4-10-27-13-16/h1-3,5-6,8-9,11-12,16,27H,4,7,10,13-14H2,(H,28,30)(H3,26,29,31)/t16-/m0/s1. The highest BCUT2D eigenvalue weighted by Crippen LogP contribution is 2.37. The van der Waals surface area contributed by atoms with Crippen molar-refractivity contribution < 1.29 is 18.7 Å². The van der Waals surface area contributed by atoms with E-state index in [1.54, 1.807) is 18.2 Å². The summed E-state index contributed by atoms with van der Waals surface area (Å²) in [6.07, 6.45) is 1.84. The summed E-state index contributed by atoms with van der Waals surface area (Å²) in [5.41, 5.74) is 6.82. The summed E-state index contributed by atoms with van der Waals surface area (Å²) in [6, 6.07) is 15.0. The Morgan fingerprint density at radius 1 is 1.18 bits per heavy atom. The van der Waals surface area contributed by atoms with Gasteiger partial charge in [-0.1, -0.05) is 30.3 Å². The van der Waals surface area contributed by atoms with E-state index in [1.165, 1.54) is 6.07 Å². The Morgan fingerprint density at radius 3 is 2.70 bits per heavy atom. The molecule has 4 rings (SSSR count). The number of hydrogen-bond acceptors (Lipinski definition) is 5. The molecule has 3 aromatic rings. The van der Waals surface area contributed by atoms with Crippen molar-refractivity contribution in [3.8, 4) is 16.2 Å². The molecule has 0 spiro atoms. The van der Waals surface area contributed by atoms with Crippen molar-refractivity contribution in [1.82, 2.24) is 10.6 Å². The fourth-order valence-corrected chi connectivity index (χ4v) is 4.75. The van der Waals surface area contributed by atoms with Gasteiger partial charge in [-0.05, 0) is 43.1 Å². The van der Waals surface area contributed by atoms with Crippen LogP contribution in [-0.2, 0) is 6.61 Å². The number of halogens is 1. The van der Waals surface area contributed by atoms with Crippen LogP contribution in [0, 0.1) is 5.82 Å². The molecule has 5 N–H and O–H groups in total. The molecular weight excluding hydrogens is 443 g/mol. The third kappa shape index (κ3) is 5.88. The molecule has 2 aromatic carbocycles. The number of ether oxygens (including phenoxy) is 1. The number of piperidine rings is 1. The van der Waals surface area contributed by atoms with Gasteiger partial charge in [0, 0.05) is 29.1 Å². The van der Waals surface area contributed by atoms with Crippen LogP contribution in [0.2, 0.25) is 0 Å². The van der Waals surface area contributed by atoms with Crippen LogP contribution < -0.4 is 26.4 Å². The maximum absolute atomic E-state index is 14.9. The fraction of sp³-hybridized carbons (Fsp3) is 0.250. The van der Waals surface area contributed by atoms with Gasteiger partial charge in [0.15, 0.2) is 0 Å². The van der Waals surface area contributed by atoms with Gasteiger partial charge in [-0.15, -0.1) is 11.3 Å². The normalized spacial score (nSPS) is 15.6. The Hall–Kier alpha value is -3.43. The van der Waals surface area contributed by atoms with Crippen LogP contribution in [-0.4, -0.2) is 31.1 Å². The number of carbonyl (C=O) groups excluding carboxylic acids is 2. The number of urea groups is 1. The molecule has 1 atom stereocenters. The Labute approximate surface area is 195 Å². The minimum absolute atomic E-state index is 0.00573. The zero-order valence-electron chi connectivity index (χ0n) is 17.9. The van der Waals surface area contributed by atoms with Gasteiger partial charge in [-0.2, -0.15) is 0 Å². The molecule has 9 heteroatoms. The van der Waals surface area contributed by atoms with Gasteiger partial charge < -0.3 is 21.1 Å². The average Bonchev–Trinajstić information content (AvgIpc) is 3.22. The summed E-state index contributed by atoms with van der Waals surface area (Å²) >= 11 is 1.09. The molecule has 1 saturated heterocycles. The number of benzene rings is 2. The van der Waals surface area contributed by atoms with E-state index in [-0.39, 0.29) is 22.5 Å². The highest BCUT2D eigenvalue weighted by atomic mass is 32.1. The summed E-state index contributed by atoms with van der Waals surface area (Å²) in [5.74, 6) is -0.427. The number of carbonyl (C=O) groups is 2. The number of nitrogens with two attached hydrogens (primary N) is 1. The molecule has 3 amide bonds. The van der Waals surface area contributed by atoms with E-state index < -0.39 is 11.8 Å². The minimum Gasteiger partial charge on any atom is -0.489 e. The number of thiophene rings is 1. The second-order valence-corrected chi connectivity index (χ2v) is 8.83. The third-order valence-corrected chi connectivity index (χ3v) is 6.38. The summed E-state index contributed by atoms with van der Waals surface area (Å²) in [7, 11) is 0. The first-order valence-electron chi connectivity index (χ1n) is 10.7. The van der Waals surface area contributed by atoms with Crippen LogP contribution in [0.4, 0.5) is 14.2 Å². The van der Waals surface area contributed by atoms with Crippen molar-refractivity contribution in [2.24, 2.45) is 5.73 Å². The number of primary amides is 1. The molecule has 0 radical (unpaired) electrons. The molecule has 7 nitrogen and oxygen atoms in total. The van der Waals surface area contributed by atoms with E-state index >= 15 is 0 Å². The molecule has 33 heavy (non-hydrogen) atoms. The SMILES string of the molecule is NC(=O)Nc1sc(-c2ccc(OCc3ccccc3)cc2F)cc1C(=O)N[C@H]1CCCNC1. The van der Waals surface area contributed by atoms with Gasteiger partial charge in [0.2, 0.25) is 0 Å². The number of amides is 3. The second-order valence-electron chi connectivity index (χ2n) is 7.78. The molecule has 0 aliphatic carbocycles. The van der Waals surface area contributed by atoms with Gasteiger partial charge in [0.1, 0.15) is 23.2 Å². The lowest BCUT2D eigenvalue weighted by atomic mass is 10.1. The Balaban J connectivity index is 1.53. The summed E-state index contributed by atoms with van der Waals surface area (Å²) in [6.45, 7) is 1.93. The molecule has 0 saturated carbocycles. The summed E-state index contributed by atoms with van der Waals surface area (Å²) in [4.78, 5) is 24.8. The maximum atomic E-state index is 14.9. The van der Waals surface area contributed by atoms with Crippen LogP contribution in [0.15, 0.2) is 54.6 Å². The lowest BCUT2D eigenvalue weighted by molar-refractivity contribution is 0.0932. The van der Waals surface area contributed by atoms with E-state index in [0.29, 0.717) is 29.3 Å². The van der Waals surface area contributed by atoms with Crippen LogP contribution in [0.3, 0.4) is 0 Å². The Bertz CT molecular complexity index is 1130. The van der Waals surface area contributed by atoms with Crippen molar-refractivity contribution in [3.05, 3.63) is 71.5 Å². The van der Waals surface area contributed by atoms with E-state index in [2.05, 4.69) is 16.0 Å². The molecule has 0 unspecified atom stereocenters. The maximum Gasteiger partial charge on any atom is 0.317 e. The topological polar surface area (TPSA) is 105 Å². The largest absolute Gasteiger partial charge is 0.489 e. The van der Waals surface area contributed by atoms with Gasteiger partial charge in [-0.25, -0.2) is 9.18 Å². The molecule has 1 fully saturated rings. The van der Waals surface area contributed by atoms with Crippen LogP contribution in [0.1, 0.15) is 28.8 Å². The lowest BCUT2D eigenvalue weighted by Gasteiger charge is -2.23. The number of hydrogen-bond donors (Lipinski definition) is 4. The van der Waals surface area contributed by atoms with Crippen LogP contribution in [0.25, 0.3) is 10.4 Å². The molecule has 0 bridgehead atoms. The Morgan fingerprint density at radius 2 is 2.00 bits per heavy atom. The van der Waals surface area contributed by atoms with Crippen molar-refractivity contribution in [2.45, 2.75) is 25.5 Å². The summed E-state index contributed by atoms with van der Waals surface area (Å²) in [5, 5.41) is 8.97. The number of nitrogens with one attached hydrogen (secondary N) is 3. The fourth-order valence-electron chi connectivity index (χ4n) is 3.66. The smallest absolute Gasteiger partial charge is 0.317 e. The van der Waals surface area contributed by atoms with Crippen molar-refractivity contribution >= 4 is 28.3 Å². The van der Waals surface area contributed by atoms with E-state index in [9.17, 15) is 14.0 Å². The predicted molar refractivity (Wildman–Crippen MR) is 127 cm³/mol. The highest BCUT2D eigenvalue weighted by molar-refractivity contribution is 7.20. The first-order valence-corrected chi connectivity index (χ1v) is 11.5. The van der Waals surface area contributed by atoms with Crippen molar-refractivity contribution in [2.75, 3.05) is 18.4 Å². The van der Waals surface area contributed by atoms with Crippen LogP contribution >= 0.6 is 11.3 Å². The minimum atomic E-state index is -0.790. The third-order valence-electron chi connectivity index (χ3n) is 5.30. The molecule has 1 aliphatic rings. The van der Waals surface area contributed by atoms with Crippen molar-refractivity contribution in [3.63, 3.8) is 0 Å². The number of anilines is 1. The Kier molecular flexibility index (Phi) is 7.21. The predicted octanol–water partition coefficient (Wildman–Crippen LogP) is 4.11. The molecule has 1 aromatic heterocycles. The van der Waals surface area contributed by atoms with Gasteiger partial charge >= 0.3 is 6.03 Å². The molecular formula is C24H25FN4O3S. The van der Waals surface area contributed by atoms with Crippen molar-refractivity contribution in [1.29, 1.82) is 0 Å². The first-order chi connectivity index (χ1) is 16.0. The zero-order chi connectivity index (χ0) is 23.2. The van der Waals surface area contributed by atoms with E-state index in [1.807, 2.05) is 30.3 Å².